The summed E-state index contributed by atoms with van der Waals surface area (Å²) in [5.41, 5.74) is 2.02. The lowest BCUT2D eigenvalue weighted by Crippen LogP contribution is -2.27. The van der Waals surface area contributed by atoms with Crippen molar-refractivity contribution in [1.82, 2.24) is 9.71 Å². The summed E-state index contributed by atoms with van der Waals surface area (Å²) in [6, 6.07) is 10.1. The van der Waals surface area contributed by atoms with Crippen LogP contribution in [0.3, 0.4) is 0 Å². The number of sulfonamides is 1. The summed E-state index contributed by atoms with van der Waals surface area (Å²) < 4.78 is 26.9. The molecular formula is C17H22N2O3S. The molecule has 0 aliphatic heterocycles. The van der Waals surface area contributed by atoms with Crippen molar-refractivity contribution in [3.63, 3.8) is 0 Å². The zero-order chi connectivity index (χ0) is 16.9. The summed E-state index contributed by atoms with van der Waals surface area (Å²) in [5.74, 6) is 0. The summed E-state index contributed by atoms with van der Waals surface area (Å²) in [7, 11) is -3.62. The van der Waals surface area contributed by atoms with Crippen molar-refractivity contribution in [2.45, 2.75) is 44.6 Å². The minimum absolute atomic E-state index is 0.0282. The summed E-state index contributed by atoms with van der Waals surface area (Å²) in [5, 5.41) is 0. The number of H-pyrrole nitrogens is 1. The van der Waals surface area contributed by atoms with Crippen LogP contribution in [0.1, 0.15) is 36.6 Å². The number of hydrogen-bond acceptors (Lipinski definition) is 3. The molecule has 0 saturated carbocycles. The molecule has 0 saturated heterocycles. The summed E-state index contributed by atoms with van der Waals surface area (Å²) >= 11 is 0. The monoisotopic (exact) mass is 334 g/mol. The van der Waals surface area contributed by atoms with E-state index in [4.69, 9.17) is 0 Å². The Morgan fingerprint density at radius 1 is 1.09 bits per heavy atom. The van der Waals surface area contributed by atoms with Gasteiger partial charge in [-0.3, -0.25) is 4.79 Å². The lowest BCUT2D eigenvalue weighted by molar-refractivity contribution is 0.581. The molecule has 1 heterocycles. The lowest BCUT2D eigenvalue weighted by atomic mass is 10.1. The van der Waals surface area contributed by atoms with Crippen molar-refractivity contribution in [2.24, 2.45) is 0 Å². The Morgan fingerprint density at radius 2 is 1.78 bits per heavy atom. The van der Waals surface area contributed by atoms with Crippen molar-refractivity contribution in [2.75, 3.05) is 0 Å². The molecule has 1 aromatic carbocycles. The zero-order valence-corrected chi connectivity index (χ0v) is 14.2. The third kappa shape index (κ3) is 4.77. The van der Waals surface area contributed by atoms with Crippen LogP contribution in [0.2, 0.25) is 0 Å². The summed E-state index contributed by atoms with van der Waals surface area (Å²) in [6.45, 7) is 3.95. The maximum atomic E-state index is 12.2. The molecule has 0 spiro atoms. The van der Waals surface area contributed by atoms with E-state index in [9.17, 15) is 13.2 Å². The molecule has 1 aromatic heterocycles. The smallest absolute Gasteiger partial charge is 0.252 e. The Hall–Kier alpha value is -1.92. The van der Waals surface area contributed by atoms with Crippen LogP contribution < -0.4 is 10.3 Å². The van der Waals surface area contributed by atoms with Crippen molar-refractivity contribution in [3.05, 3.63) is 63.6 Å². The Morgan fingerprint density at radius 3 is 2.39 bits per heavy atom. The second-order valence-corrected chi connectivity index (χ2v) is 7.35. The normalized spacial score (nSPS) is 11.6. The highest BCUT2D eigenvalue weighted by Crippen LogP contribution is 2.10. The lowest BCUT2D eigenvalue weighted by Gasteiger charge is -2.07. The zero-order valence-electron chi connectivity index (χ0n) is 13.4. The van der Waals surface area contributed by atoms with Crippen LogP contribution in [0.15, 0.2) is 46.1 Å². The highest BCUT2D eigenvalue weighted by molar-refractivity contribution is 7.89. The van der Waals surface area contributed by atoms with Crippen LogP contribution in [-0.2, 0) is 23.0 Å². The molecular weight excluding hydrogens is 312 g/mol. The predicted octanol–water partition coefficient (Wildman–Crippen LogP) is 2.50. The largest absolute Gasteiger partial charge is 0.326 e. The van der Waals surface area contributed by atoms with E-state index >= 15 is 0 Å². The van der Waals surface area contributed by atoms with Gasteiger partial charge in [-0.25, -0.2) is 13.1 Å². The van der Waals surface area contributed by atoms with Crippen LogP contribution in [0.4, 0.5) is 0 Å². The molecule has 2 N–H and O–H groups in total. The van der Waals surface area contributed by atoms with Gasteiger partial charge in [0.25, 0.3) is 5.56 Å². The minimum atomic E-state index is -3.62. The second kappa shape index (κ2) is 7.57. The quantitative estimate of drug-likeness (QED) is 0.816. The Labute approximate surface area is 136 Å². The van der Waals surface area contributed by atoms with Crippen molar-refractivity contribution in [1.29, 1.82) is 0 Å². The predicted molar refractivity (Wildman–Crippen MR) is 90.9 cm³/mol. The molecule has 0 aliphatic rings. The third-order valence-electron chi connectivity index (χ3n) is 3.64. The Kier molecular flexibility index (Phi) is 5.74. The molecule has 6 heteroatoms. The number of nitrogens with one attached hydrogen (secondary N) is 2. The van der Waals surface area contributed by atoms with E-state index in [1.165, 1.54) is 0 Å². The van der Waals surface area contributed by atoms with Gasteiger partial charge >= 0.3 is 0 Å². The standard InChI is InChI=1S/C17H22N2O3S/c1-3-4-5-15-9-8-14(17(20)19-15)12-18-23(21,22)16-10-6-13(2)7-11-16/h6-11,18H,3-5,12H2,1-2H3,(H,19,20). The molecule has 2 aromatic rings. The molecule has 0 radical (unpaired) electrons. The van der Waals surface area contributed by atoms with Crippen molar-refractivity contribution in [3.8, 4) is 0 Å². The Balaban J connectivity index is 2.08. The maximum Gasteiger partial charge on any atom is 0.252 e. The first kappa shape index (κ1) is 17.4. The highest BCUT2D eigenvalue weighted by atomic mass is 32.2. The SMILES string of the molecule is CCCCc1ccc(CNS(=O)(=O)c2ccc(C)cc2)c(=O)[nH]1. The molecule has 0 unspecified atom stereocenters. The topological polar surface area (TPSA) is 79.0 Å². The molecule has 0 fully saturated rings. The number of aromatic amines is 1. The van der Waals surface area contributed by atoms with Crippen LogP contribution in [0, 0.1) is 6.92 Å². The van der Waals surface area contributed by atoms with E-state index in [2.05, 4.69) is 16.6 Å². The Bertz CT molecular complexity index is 808. The molecule has 23 heavy (non-hydrogen) atoms. The number of hydrogen-bond donors (Lipinski definition) is 2. The number of aryl methyl sites for hydroxylation is 2. The molecule has 0 aliphatic carbocycles. The molecule has 0 atom stereocenters. The molecule has 0 amide bonds. The van der Waals surface area contributed by atoms with E-state index in [0.717, 1.165) is 30.5 Å². The maximum absolute atomic E-state index is 12.2. The highest BCUT2D eigenvalue weighted by Gasteiger charge is 2.14. The van der Waals surface area contributed by atoms with Gasteiger partial charge in [0.2, 0.25) is 10.0 Å². The first-order valence-electron chi connectivity index (χ1n) is 7.70. The number of rotatable bonds is 7. The van der Waals surface area contributed by atoms with Gasteiger partial charge in [-0.2, -0.15) is 0 Å². The number of pyridine rings is 1. The third-order valence-corrected chi connectivity index (χ3v) is 5.05. The van der Waals surface area contributed by atoms with Gasteiger partial charge in [0.1, 0.15) is 0 Å². The van der Waals surface area contributed by atoms with Gasteiger partial charge in [0.05, 0.1) is 4.90 Å². The summed E-state index contributed by atoms with van der Waals surface area (Å²) in [4.78, 5) is 15.0. The fourth-order valence-electron chi connectivity index (χ4n) is 2.17. The molecule has 124 valence electrons. The number of benzene rings is 1. The van der Waals surface area contributed by atoms with Gasteiger partial charge in [-0.1, -0.05) is 37.1 Å². The number of unbranched alkanes of at least 4 members (excludes halogenated alkanes) is 1. The van der Waals surface area contributed by atoms with Crippen molar-refractivity contribution >= 4 is 10.0 Å². The van der Waals surface area contributed by atoms with E-state index in [1.54, 1.807) is 30.3 Å². The fourth-order valence-corrected chi connectivity index (χ4v) is 3.18. The number of aromatic nitrogens is 1. The van der Waals surface area contributed by atoms with Gasteiger partial charge in [-0.15, -0.1) is 0 Å². The molecule has 5 nitrogen and oxygen atoms in total. The van der Waals surface area contributed by atoms with Crippen LogP contribution in [0.5, 0.6) is 0 Å². The van der Waals surface area contributed by atoms with Crippen LogP contribution in [-0.4, -0.2) is 13.4 Å². The van der Waals surface area contributed by atoms with E-state index in [0.29, 0.717) is 5.56 Å². The first-order chi connectivity index (χ1) is 10.9. The van der Waals surface area contributed by atoms with E-state index in [-0.39, 0.29) is 17.0 Å². The van der Waals surface area contributed by atoms with E-state index in [1.807, 2.05) is 13.0 Å². The minimum Gasteiger partial charge on any atom is -0.326 e. The second-order valence-electron chi connectivity index (χ2n) is 5.58. The van der Waals surface area contributed by atoms with Gasteiger partial charge in [0, 0.05) is 17.8 Å². The average Bonchev–Trinajstić information content (AvgIpc) is 2.52. The van der Waals surface area contributed by atoms with Gasteiger partial charge in [0.15, 0.2) is 0 Å². The van der Waals surface area contributed by atoms with Gasteiger partial charge in [-0.05, 0) is 38.0 Å². The first-order valence-corrected chi connectivity index (χ1v) is 9.18. The summed E-state index contributed by atoms with van der Waals surface area (Å²) in [6.07, 6.45) is 2.89. The van der Waals surface area contributed by atoms with E-state index < -0.39 is 10.0 Å². The van der Waals surface area contributed by atoms with Crippen LogP contribution >= 0.6 is 0 Å². The molecule has 0 bridgehead atoms. The van der Waals surface area contributed by atoms with Gasteiger partial charge < -0.3 is 4.98 Å². The fraction of sp³-hybridized carbons (Fsp3) is 0.353. The molecule has 2 rings (SSSR count). The van der Waals surface area contributed by atoms with Crippen LogP contribution in [0.25, 0.3) is 0 Å². The van der Waals surface area contributed by atoms with Crippen molar-refractivity contribution < 1.29 is 8.42 Å². The average molecular weight is 334 g/mol.